The molecule has 2 aliphatic rings. The molecule has 2 aliphatic heterocycles. The summed E-state index contributed by atoms with van der Waals surface area (Å²) >= 11 is 0. The van der Waals surface area contributed by atoms with E-state index in [1.165, 1.54) is 18.2 Å². The van der Waals surface area contributed by atoms with Crippen molar-refractivity contribution in [2.45, 2.75) is 82.4 Å². The van der Waals surface area contributed by atoms with Gasteiger partial charge in [0.1, 0.15) is 23.7 Å². The second kappa shape index (κ2) is 17.8. The molecule has 4 N–H and O–H groups in total. The number of benzene rings is 3. The average molecular weight is 892 g/mol. The molecule has 0 bridgehead atoms. The first-order chi connectivity index (χ1) is 30.7. The van der Waals surface area contributed by atoms with Crippen molar-refractivity contribution in [1.29, 1.82) is 0 Å². The second-order valence-electron chi connectivity index (χ2n) is 17.0. The maximum atomic E-state index is 14.7. The van der Waals surface area contributed by atoms with Crippen molar-refractivity contribution < 1.29 is 37.1 Å². The lowest BCUT2D eigenvalue weighted by Crippen LogP contribution is -2.51. The number of likely N-dealkylation sites (tertiary alicyclic amines) is 2. The Morgan fingerprint density at radius 3 is 1.52 bits per heavy atom. The van der Waals surface area contributed by atoms with E-state index in [0.29, 0.717) is 71.1 Å². The Labute approximate surface area is 371 Å². The molecular weight excluding hydrogens is 839 g/mol. The molecule has 3 aromatic heterocycles. The van der Waals surface area contributed by atoms with Crippen LogP contribution in [0.4, 0.5) is 9.59 Å². The van der Waals surface area contributed by atoms with Gasteiger partial charge in [0.2, 0.25) is 11.8 Å². The van der Waals surface area contributed by atoms with Crippen molar-refractivity contribution in [2.75, 3.05) is 27.3 Å². The molecule has 4 atom stereocenters. The van der Waals surface area contributed by atoms with Crippen molar-refractivity contribution in [3.8, 4) is 22.5 Å². The fourth-order valence-corrected chi connectivity index (χ4v) is 10.5. The Bertz CT molecular complexity index is 2680. The van der Waals surface area contributed by atoms with E-state index in [-0.39, 0.29) is 40.6 Å². The summed E-state index contributed by atoms with van der Waals surface area (Å²) in [5, 5.41) is 6.81. The summed E-state index contributed by atoms with van der Waals surface area (Å²) in [6.45, 7) is 8.47. The van der Waals surface area contributed by atoms with E-state index in [1.807, 2.05) is 64.1 Å². The van der Waals surface area contributed by atoms with Crippen LogP contribution in [0.3, 0.4) is 0 Å². The third-order valence-corrected chi connectivity index (χ3v) is 14.0. The molecule has 64 heavy (non-hydrogen) atoms. The number of fused-ring (bicyclic) bond motifs is 3. The summed E-state index contributed by atoms with van der Waals surface area (Å²) in [6.07, 6.45) is 4.89. The Morgan fingerprint density at radius 1 is 0.672 bits per heavy atom. The number of rotatable bonds is 12. The molecule has 2 saturated heterocycles. The van der Waals surface area contributed by atoms with Crippen LogP contribution in [-0.4, -0.2) is 106 Å². The Morgan fingerprint density at radius 2 is 1.11 bits per heavy atom. The molecule has 18 heteroatoms. The van der Waals surface area contributed by atoms with Gasteiger partial charge in [-0.3, -0.25) is 9.59 Å². The number of aromatic nitrogens is 5. The number of hydrogen-bond acceptors (Lipinski definition) is 10. The third kappa shape index (κ3) is 8.17. The number of amides is 4. The first kappa shape index (κ1) is 43.9. The third-order valence-electron chi connectivity index (χ3n) is 12.3. The van der Waals surface area contributed by atoms with Crippen molar-refractivity contribution in [3.63, 3.8) is 0 Å². The van der Waals surface area contributed by atoms with Gasteiger partial charge in [0.25, 0.3) is 10.0 Å². The van der Waals surface area contributed by atoms with Gasteiger partial charge < -0.3 is 39.9 Å². The van der Waals surface area contributed by atoms with Crippen LogP contribution in [0, 0.1) is 11.8 Å². The fourth-order valence-electron chi connectivity index (χ4n) is 8.97. The fraction of sp³-hybridized carbons (Fsp3) is 0.391. The number of nitrogens with zero attached hydrogens (tertiary/aromatic N) is 5. The lowest BCUT2D eigenvalue weighted by molar-refractivity contribution is -0.136. The molecule has 3 aromatic carbocycles. The number of ether oxygens (including phenoxy) is 2. The molecule has 6 aromatic rings. The molecule has 17 nitrogen and oxygen atoms in total. The number of hydrogen-bond donors (Lipinski definition) is 4. The van der Waals surface area contributed by atoms with Crippen LogP contribution in [0.15, 0.2) is 84.0 Å². The first-order valence-electron chi connectivity index (χ1n) is 21.5. The summed E-state index contributed by atoms with van der Waals surface area (Å²) in [6, 6.07) is 17.3. The standard InChI is InChI=1S/C46H53N9O8S/c1-26(2)39(51-45(58)62-5)43(56)53-20-10-14-35(53)41-47-24-33(49-41)28-16-18-31-32-19-17-29(23-38(32)55(37(31)22-28)64(60,61)30-12-8-7-9-13-30)34-25-48-42(50-34)36-15-11-21-54(36)44(57)40(27(3)4)52-46(59)63-6/h7-9,12-13,16-19,22-27,35-36,39-40H,10-11,14-15,20-21H2,1-6H3,(H,47,49)(H,48,50)(H,51,58)(H,52,59)/t35-,36-,39-,40-/m0/s1. The predicted octanol–water partition coefficient (Wildman–Crippen LogP) is 6.90. The number of alkyl carbamates (subject to hydrolysis) is 2. The zero-order valence-corrected chi connectivity index (χ0v) is 37.4. The Kier molecular flexibility index (Phi) is 12.2. The van der Waals surface area contributed by atoms with Crippen molar-refractivity contribution in [3.05, 3.63) is 90.8 Å². The average Bonchev–Trinajstić information content (AvgIpc) is 4.15. The normalized spacial score (nSPS) is 17.6. The van der Waals surface area contributed by atoms with Gasteiger partial charge in [-0.05, 0) is 61.8 Å². The van der Waals surface area contributed by atoms with Gasteiger partial charge in [0, 0.05) is 35.0 Å². The minimum atomic E-state index is -4.15. The van der Waals surface area contributed by atoms with E-state index < -0.39 is 34.3 Å². The van der Waals surface area contributed by atoms with Gasteiger partial charge in [-0.15, -0.1) is 0 Å². The smallest absolute Gasteiger partial charge is 0.407 e. The lowest BCUT2D eigenvalue weighted by atomic mass is 10.0. The number of imidazole rings is 2. The van der Waals surface area contributed by atoms with Gasteiger partial charge in [-0.25, -0.2) is 31.9 Å². The highest BCUT2D eigenvalue weighted by molar-refractivity contribution is 7.90. The number of carbonyl (C=O) groups excluding carboxylic acids is 4. The van der Waals surface area contributed by atoms with Crippen molar-refractivity contribution in [2.24, 2.45) is 11.8 Å². The van der Waals surface area contributed by atoms with E-state index in [4.69, 9.17) is 19.4 Å². The molecule has 0 unspecified atom stereocenters. The van der Waals surface area contributed by atoms with Crippen LogP contribution in [0.1, 0.15) is 77.1 Å². The molecule has 0 radical (unpaired) electrons. The largest absolute Gasteiger partial charge is 0.453 e. The molecular formula is C46H53N9O8S. The predicted molar refractivity (Wildman–Crippen MR) is 239 cm³/mol. The van der Waals surface area contributed by atoms with E-state index >= 15 is 0 Å². The molecule has 2 fully saturated rings. The summed E-state index contributed by atoms with van der Waals surface area (Å²) in [7, 11) is -1.63. The van der Waals surface area contributed by atoms with Gasteiger partial charge >= 0.3 is 12.2 Å². The molecule has 336 valence electrons. The minimum Gasteiger partial charge on any atom is -0.453 e. The zero-order chi connectivity index (χ0) is 45.4. The SMILES string of the molecule is COC(=O)N[C@H](C(=O)N1CCC[C@H]1c1ncc(-c2ccc3c4ccc(-c5cnc([C@@H]6CCCN6C(=O)[C@@H](NC(=O)OC)C(C)C)[nH]5)cc4n(S(=O)(=O)c4ccccc4)c3c2)[nH]1)C(C)C. The topological polar surface area (TPSA) is 214 Å². The number of aromatic amines is 2. The van der Waals surface area contributed by atoms with Crippen molar-refractivity contribution in [1.82, 2.24) is 44.3 Å². The van der Waals surface area contributed by atoms with Crippen LogP contribution in [0.25, 0.3) is 44.3 Å². The molecule has 4 amide bonds. The van der Waals surface area contributed by atoms with Crippen molar-refractivity contribution >= 4 is 55.8 Å². The number of carbonyl (C=O) groups is 4. The Hall–Kier alpha value is -6.69. The number of nitrogens with one attached hydrogen (secondary N) is 4. The first-order valence-corrected chi connectivity index (χ1v) is 22.9. The minimum absolute atomic E-state index is 0.122. The van der Waals surface area contributed by atoms with Crippen LogP contribution in [0.5, 0.6) is 0 Å². The van der Waals surface area contributed by atoms with E-state index in [1.54, 1.807) is 52.5 Å². The molecule has 8 rings (SSSR count). The maximum Gasteiger partial charge on any atom is 0.407 e. The quantitative estimate of drug-likeness (QED) is 0.0998. The highest BCUT2D eigenvalue weighted by Crippen LogP contribution is 2.39. The van der Waals surface area contributed by atoms with E-state index in [2.05, 4.69) is 20.6 Å². The van der Waals surface area contributed by atoms with Gasteiger partial charge in [-0.2, -0.15) is 0 Å². The van der Waals surface area contributed by atoms with Crippen LogP contribution in [-0.2, 0) is 29.1 Å². The maximum absolute atomic E-state index is 14.7. The molecule has 5 heterocycles. The van der Waals surface area contributed by atoms with Crippen LogP contribution < -0.4 is 10.6 Å². The zero-order valence-electron chi connectivity index (χ0n) is 36.6. The molecule has 0 aliphatic carbocycles. The monoisotopic (exact) mass is 891 g/mol. The van der Waals surface area contributed by atoms with Crippen LogP contribution >= 0.6 is 0 Å². The summed E-state index contributed by atoms with van der Waals surface area (Å²) in [5.41, 5.74) is 3.59. The van der Waals surface area contributed by atoms with E-state index in [9.17, 15) is 27.6 Å². The van der Waals surface area contributed by atoms with Gasteiger partial charge in [0.15, 0.2) is 0 Å². The Balaban J connectivity index is 1.15. The number of H-pyrrole nitrogens is 2. The number of methoxy groups -OCH3 is 2. The highest BCUT2D eigenvalue weighted by atomic mass is 32.2. The highest BCUT2D eigenvalue weighted by Gasteiger charge is 2.39. The van der Waals surface area contributed by atoms with Gasteiger partial charge in [0.05, 0.1) is 66.0 Å². The summed E-state index contributed by atoms with van der Waals surface area (Å²) in [4.78, 5) is 71.7. The molecule has 0 saturated carbocycles. The second-order valence-corrected chi connectivity index (χ2v) is 18.8. The molecule has 0 spiro atoms. The van der Waals surface area contributed by atoms with E-state index in [0.717, 1.165) is 23.6 Å². The summed E-state index contributed by atoms with van der Waals surface area (Å²) in [5.74, 6) is 0.380. The lowest BCUT2D eigenvalue weighted by Gasteiger charge is -2.30. The summed E-state index contributed by atoms with van der Waals surface area (Å²) < 4.78 is 40.4. The van der Waals surface area contributed by atoms with Gasteiger partial charge in [-0.1, -0.05) is 70.2 Å². The van der Waals surface area contributed by atoms with Crippen LogP contribution in [0.2, 0.25) is 0 Å².